The van der Waals surface area contributed by atoms with Crippen LogP contribution in [0.25, 0.3) is 5.70 Å². The smallest absolute Gasteiger partial charge is 0.221 e. The highest BCUT2D eigenvalue weighted by atomic mass is 79.9. The Kier molecular flexibility index (Phi) is 6.58. The van der Waals surface area contributed by atoms with Gasteiger partial charge in [-0.05, 0) is 34.3 Å². The van der Waals surface area contributed by atoms with Crippen LogP contribution in [0.2, 0.25) is 16.6 Å². The number of benzene rings is 1. The van der Waals surface area contributed by atoms with E-state index >= 15 is 0 Å². The number of rotatable bonds is 4. The van der Waals surface area contributed by atoms with Crippen molar-refractivity contribution in [3.05, 3.63) is 39.4 Å². The molecule has 0 fully saturated rings. The van der Waals surface area contributed by atoms with Crippen LogP contribution in [0.3, 0.4) is 0 Å². The lowest BCUT2D eigenvalue weighted by molar-refractivity contribution is -0.117. The van der Waals surface area contributed by atoms with E-state index in [2.05, 4.69) is 86.4 Å². The first-order valence-corrected chi connectivity index (χ1v) is 12.4. The highest BCUT2D eigenvalue weighted by Gasteiger charge is 2.41. The van der Waals surface area contributed by atoms with Crippen LogP contribution in [-0.2, 0) is 11.2 Å². The molecule has 1 aliphatic rings. The fourth-order valence-corrected chi connectivity index (χ4v) is 10.1. The maximum absolute atomic E-state index is 11.8. The van der Waals surface area contributed by atoms with Gasteiger partial charge in [-0.3, -0.25) is 4.79 Å². The first-order chi connectivity index (χ1) is 12.1. The Balaban J connectivity index is 2.56. The molecule has 1 aliphatic carbocycles. The van der Waals surface area contributed by atoms with Gasteiger partial charge < -0.3 is 5.32 Å². The molecule has 1 amide bonds. The van der Waals surface area contributed by atoms with Gasteiger partial charge >= 0.3 is 0 Å². The second kappa shape index (κ2) is 8.15. The quantitative estimate of drug-likeness (QED) is 0.454. The van der Waals surface area contributed by atoms with Crippen molar-refractivity contribution in [3.8, 4) is 11.5 Å². The Morgan fingerprint density at radius 1 is 1.12 bits per heavy atom. The minimum Gasteiger partial charge on any atom is -0.325 e. The van der Waals surface area contributed by atoms with E-state index in [0.29, 0.717) is 16.6 Å². The van der Waals surface area contributed by atoms with Crippen LogP contribution in [0.4, 0.5) is 0 Å². The second-order valence-corrected chi connectivity index (χ2v) is 14.7. The SMILES string of the molecule is CC(=O)NC1=C(C#C[Si](C(C)C)(C(C)C)C(C)C)Cc2cc(Br)ccc21. The molecule has 140 valence electrons. The van der Waals surface area contributed by atoms with E-state index in [1.807, 2.05) is 6.07 Å². The molecular weight excluding hydrogens is 402 g/mol. The fraction of sp³-hybridized carbons (Fsp3) is 0.500. The average Bonchev–Trinajstić information content (AvgIpc) is 2.83. The first-order valence-electron chi connectivity index (χ1n) is 9.42. The Hall–Kier alpha value is -1.31. The summed E-state index contributed by atoms with van der Waals surface area (Å²) in [5.74, 6) is 3.50. The van der Waals surface area contributed by atoms with Crippen molar-refractivity contribution in [2.45, 2.75) is 71.5 Å². The van der Waals surface area contributed by atoms with Crippen LogP contribution < -0.4 is 5.32 Å². The number of hydrogen-bond donors (Lipinski definition) is 1. The minimum absolute atomic E-state index is 0.0462. The lowest BCUT2D eigenvalue weighted by atomic mass is 10.1. The van der Waals surface area contributed by atoms with Crippen LogP contribution in [0.1, 0.15) is 59.6 Å². The molecule has 0 spiro atoms. The van der Waals surface area contributed by atoms with E-state index in [4.69, 9.17) is 0 Å². The first kappa shape index (κ1) is 21.0. The standard InChI is InChI=1S/C22H30BrNOSi/c1-14(2)26(15(3)4,16(5)6)11-10-18-12-19-13-20(23)8-9-21(19)22(18)24-17(7)25/h8-9,13-16H,12H2,1-7H3,(H,24,25). The van der Waals surface area contributed by atoms with Crippen molar-refractivity contribution in [1.82, 2.24) is 5.32 Å². The zero-order valence-electron chi connectivity index (χ0n) is 17.0. The summed E-state index contributed by atoms with van der Waals surface area (Å²) in [5.41, 5.74) is 9.84. The molecule has 0 unspecified atom stereocenters. The van der Waals surface area contributed by atoms with E-state index in [0.717, 1.165) is 27.7 Å². The van der Waals surface area contributed by atoms with Gasteiger partial charge in [0.15, 0.2) is 0 Å². The summed E-state index contributed by atoms with van der Waals surface area (Å²) < 4.78 is 1.06. The lowest BCUT2D eigenvalue weighted by Gasteiger charge is -2.38. The maximum Gasteiger partial charge on any atom is 0.221 e. The van der Waals surface area contributed by atoms with E-state index in [-0.39, 0.29) is 5.91 Å². The van der Waals surface area contributed by atoms with Crippen molar-refractivity contribution in [3.63, 3.8) is 0 Å². The van der Waals surface area contributed by atoms with Gasteiger partial charge in [-0.15, -0.1) is 5.54 Å². The van der Waals surface area contributed by atoms with E-state index in [1.54, 1.807) is 6.92 Å². The predicted molar refractivity (Wildman–Crippen MR) is 117 cm³/mol. The Bertz CT molecular complexity index is 774. The van der Waals surface area contributed by atoms with Crippen molar-refractivity contribution in [2.75, 3.05) is 0 Å². The van der Waals surface area contributed by atoms with Crippen LogP contribution in [0.15, 0.2) is 28.2 Å². The molecule has 1 N–H and O–H groups in total. The molecule has 0 aromatic heterocycles. The summed E-state index contributed by atoms with van der Waals surface area (Å²) in [7, 11) is -1.80. The minimum atomic E-state index is -1.80. The molecule has 2 nitrogen and oxygen atoms in total. The number of amides is 1. The number of hydrogen-bond acceptors (Lipinski definition) is 1. The van der Waals surface area contributed by atoms with E-state index < -0.39 is 8.07 Å². The summed E-state index contributed by atoms with van der Waals surface area (Å²) in [5, 5.41) is 3.03. The number of nitrogens with one attached hydrogen (secondary N) is 1. The van der Waals surface area contributed by atoms with E-state index in [1.165, 1.54) is 5.56 Å². The van der Waals surface area contributed by atoms with Gasteiger partial charge in [0, 0.05) is 29.0 Å². The van der Waals surface area contributed by atoms with Crippen molar-refractivity contribution >= 4 is 35.6 Å². The number of halogens is 1. The molecule has 1 aromatic carbocycles. The van der Waals surface area contributed by atoms with Gasteiger partial charge in [0.2, 0.25) is 5.91 Å². The fourth-order valence-electron chi connectivity index (χ4n) is 4.44. The lowest BCUT2D eigenvalue weighted by Crippen LogP contribution is -2.43. The van der Waals surface area contributed by atoms with Gasteiger partial charge in [-0.25, -0.2) is 0 Å². The third-order valence-electron chi connectivity index (χ3n) is 5.60. The second-order valence-electron chi connectivity index (χ2n) is 8.16. The highest BCUT2D eigenvalue weighted by molar-refractivity contribution is 9.10. The number of allylic oxidation sites excluding steroid dienone is 1. The molecule has 2 rings (SSSR count). The van der Waals surface area contributed by atoms with Crippen molar-refractivity contribution in [2.24, 2.45) is 0 Å². The summed E-state index contributed by atoms with van der Waals surface area (Å²) in [4.78, 5) is 11.8. The summed E-state index contributed by atoms with van der Waals surface area (Å²) in [6, 6.07) is 6.22. The highest BCUT2D eigenvalue weighted by Crippen LogP contribution is 2.41. The summed E-state index contributed by atoms with van der Waals surface area (Å²) >= 11 is 3.55. The molecule has 1 aromatic rings. The van der Waals surface area contributed by atoms with Crippen LogP contribution >= 0.6 is 15.9 Å². The van der Waals surface area contributed by atoms with Crippen LogP contribution in [0, 0.1) is 11.5 Å². The normalized spacial score (nSPS) is 14.0. The Labute approximate surface area is 168 Å². The molecule has 0 aliphatic heterocycles. The zero-order chi connectivity index (χ0) is 19.6. The van der Waals surface area contributed by atoms with Gasteiger partial charge in [-0.1, -0.05) is 69.5 Å². The molecule has 0 saturated heterocycles. The van der Waals surface area contributed by atoms with Gasteiger partial charge in [0.25, 0.3) is 0 Å². The maximum atomic E-state index is 11.8. The third-order valence-corrected chi connectivity index (χ3v) is 12.4. The number of fused-ring (bicyclic) bond motifs is 1. The Morgan fingerprint density at radius 2 is 1.69 bits per heavy atom. The van der Waals surface area contributed by atoms with Gasteiger partial charge in [0.05, 0.1) is 5.70 Å². The van der Waals surface area contributed by atoms with Gasteiger partial charge in [-0.2, -0.15) is 0 Å². The largest absolute Gasteiger partial charge is 0.325 e. The molecule has 0 bridgehead atoms. The molecule has 0 saturated carbocycles. The molecule has 4 heteroatoms. The summed E-state index contributed by atoms with van der Waals surface area (Å²) in [6.07, 6.45) is 0.788. The average molecular weight is 432 g/mol. The van der Waals surface area contributed by atoms with Crippen LogP contribution in [0.5, 0.6) is 0 Å². The third kappa shape index (κ3) is 3.99. The van der Waals surface area contributed by atoms with Crippen molar-refractivity contribution < 1.29 is 4.79 Å². The summed E-state index contributed by atoms with van der Waals surface area (Å²) in [6.45, 7) is 15.5. The molecule has 26 heavy (non-hydrogen) atoms. The van der Waals surface area contributed by atoms with E-state index in [9.17, 15) is 4.79 Å². The molecule has 0 heterocycles. The van der Waals surface area contributed by atoms with Crippen molar-refractivity contribution in [1.29, 1.82) is 0 Å². The van der Waals surface area contributed by atoms with Crippen LogP contribution in [-0.4, -0.2) is 14.0 Å². The number of carbonyl (C=O) groups is 1. The predicted octanol–water partition coefficient (Wildman–Crippen LogP) is 6.07. The van der Waals surface area contributed by atoms with Gasteiger partial charge in [0.1, 0.15) is 8.07 Å². The monoisotopic (exact) mass is 431 g/mol. The topological polar surface area (TPSA) is 29.1 Å². The number of carbonyl (C=O) groups excluding carboxylic acids is 1. The zero-order valence-corrected chi connectivity index (χ0v) is 19.5. The molecule has 0 radical (unpaired) electrons. The molecular formula is C22H30BrNOSi. The molecule has 0 atom stereocenters. The Morgan fingerprint density at radius 3 is 2.19 bits per heavy atom.